The van der Waals surface area contributed by atoms with Crippen molar-refractivity contribution in [3.05, 3.63) is 65.7 Å². The van der Waals surface area contributed by atoms with Crippen LogP contribution in [0.15, 0.2) is 54.6 Å². The molecule has 174 valence electrons. The standard InChI is InChI=1S/C24H24F3N3O3/c25-24(26,27)16-9-6-10-17(13-16)28-21(31)14-20-22(32)29-18-11-4-5-12-19(18)30(20)23(33)15-7-2-1-3-8-15/h1-3,6-10,13,18-20H,4-5,11-12,14H2,(H,28,31)(H,29,32)/t18-,19+,20+/m1/s1. The molecule has 6 nitrogen and oxygen atoms in total. The van der Waals surface area contributed by atoms with Gasteiger partial charge in [0.1, 0.15) is 6.04 Å². The van der Waals surface area contributed by atoms with Crippen molar-refractivity contribution in [1.29, 1.82) is 0 Å². The third-order valence-corrected chi connectivity index (χ3v) is 6.16. The fraction of sp³-hybridized carbons (Fsp3) is 0.375. The number of alkyl halides is 3. The van der Waals surface area contributed by atoms with Gasteiger partial charge in [0.2, 0.25) is 11.8 Å². The highest BCUT2D eigenvalue weighted by atomic mass is 19.4. The number of benzene rings is 2. The average molecular weight is 459 g/mol. The summed E-state index contributed by atoms with van der Waals surface area (Å²) in [5, 5.41) is 5.38. The fourth-order valence-electron chi connectivity index (χ4n) is 4.62. The van der Waals surface area contributed by atoms with Gasteiger partial charge in [-0.1, -0.05) is 37.1 Å². The molecule has 2 aromatic carbocycles. The van der Waals surface area contributed by atoms with E-state index in [9.17, 15) is 27.6 Å². The fourth-order valence-corrected chi connectivity index (χ4v) is 4.62. The van der Waals surface area contributed by atoms with Crippen LogP contribution in [0.25, 0.3) is 0 Å². The van der Waals surface area contributed by atoms with E-state index in [0.717, 1.165) is 31.4 Å². The Balaban J connectivity index is 1.57. The lowest BCUT2D eigenvalue weighted by Crippen LogP contribution is -2.68. The maximum Gasteiger partial charge on any atom is 0.416 e. The summed E-state index contributed by atoms with van der Waals surface area (Å²) in [5.74, 6) is -1.41. The zero-order valence-corrected chi connectivity index (χ0v) is 17.8. The largest absolute Gasteiger partial charge is 0.416 e. The summed E-state index contributed by atoms with van der Waals surface area (Å²) in [4.78, 5) is 40.6. The van der Waals surface area contributed by atoms with Gasteiger partial charge in [-0.2, -0.15) is 13.2 Å². The van der Waals surface area contributed by atoms with Crippen molar-refractivity contribution in [2.24, 2.45) is 0 Å². The zero-order valence-electron chi connectivity index (χ0n) is 17.8. The van der Waals surface area contributed by atoms with E-state index < -0.39 is 29.6 Å². The second-order valence-corrected chi connectivity index (χ2v) is 8.39. The highest BCUT2D eigenvalue weighted by Crippen LogP contribution is 2.32. The van der Waals surface area contributed by atoms with E-state index in [1.165, 1.54) is 17.0 Å². The SMILES string of the molecule is O=C(C[C@H]1C(=O)N[C@@H]2CCCC[C@@H]2N1C(=O)c1ccccc1)Nc1cccc(C(F)(F)F)c1. The minimum atomic E-state index is -4.54. The molecule has 2 aromatic rings. The first-order valence-corrected chi connectivity index (χ1v) is 10.9. The Hall–Kier alpha value is -3.36. The quantitative estimate of drug-likeness (QED) is 0.726. The summed E-state index contributed by atoms with van der Waals surface area (Å²) >= 11 is 0. The van der Waals surface area contributed by atoms with Crippen molar-refractivity contribution in [3.63, 3.8) is 0 Å². The maximum absolute atomic E-state index is 13.4. The Bertz CT molecular complexity index is 1040. The lowest BCUT2D eigenvalue weighted by atomic mass is 9.84. The van der Waals surface area contributed by atoms with Crippen LogP contribution in [0.5, 0.6) is 0 Å². The Kier molecular flexibility index (Phi) is 6.40. The van der Waals surface area contributed by atoms with E-state index in [2.05, 4.69) is 10.6 Å². The van der Waals surface area contributed by atoms with Crippen LogP contribution in [-0.2, 0) is 15.8 Å². The molecule has 1 saturated carbocycles. The molecular formula is C24H24F3N3O3. The molecule has 1 aliphatic heterocycles. The normalized spacial score (nSPS) is 22.8. The predicted octanol–water partition coefficient (Wildman–Crippen LogP) is 3.99. The number of carbonyl (C=O) groups excluding carboxylic acids is 3. The van der Waals surface area contributed by atoms with Gasteiger partial charge in [-0.15, -0.1) is 0 Å². The number of amides is 3. The minimum Gasteiger partial charge on any atom is -0.349 e. The van der Waals surface area contributed by atoms with Crippen molar-refractivity contribution < 1.29 is 27.6 Å². The number of nitrogens with zero attached hydrogens (tertiary/aromatic N) is 1. The molecule has 3 atom stereocenters. The second kappa shape index (κ2) is 9.25. The first kappa shape index (κ1) is 22.8. The van der Waals surface area contributed by atoms with Crippen molar-refractivity contribution in [1.82, 2.24) is 10.2 Å². The van der Waals surface area contributed by atoms with E-state index in [0.29, 0.717) is 12.0 Å². The van der Waals surface area contributed by atoms with Crippen LogP contribution in [0.2, 0.25) is 0 Å². The lowest BCUT2D eigenvalue weighted by Gasteiger charge is -2.48. The maximum atomic E-state index is 13.4. The first-order chi connectivity index (χ1) is 15.7. The molecule has 0 unspecified atom stereocenters. The molecule has 4 rings (SSSR count). The number of rotatable bonds is 4. The Morgan fingerprint density at radius 1 is 1.03 bits per heavy atom. The monoisotopic (exact) mass is 459 g/mol. The average Bonchev–Trinajstić information content (AvgIpc) is 2.79. The van der Waals surface area contributed by atoms with Gasteiger partial charge < -0.3 is 15.5 Å². The van der Waals surface area contributed by atoms with Gasteiger partial charge in [0.15, 0.2) is 0 Å². The number of hydrogen-bond donors (Lipinski definition) is 2. The van der Waals surface area contributed by atoms with Crippen LogP contribution in [0.4, 0.5) is 18.9 Å². The van der Waals surface area contributed by atoms with Gasteiger partial charge >= 0.3 is 6.18 Å². The molecule has 0 spiro atoms. The number of nitrogens with one attached hydrogen (secondary N) is 2. The highest BCUT2D eigenvalue weighted by molar-refractivity contribution is 6.01. The molecule has 2 fully saturated rings. The third-order valence-electron chi connectivity index (χ3n) is 6.16. The van der Waals surface area contributed by atoms with Gasteiger partial charge in [-0.25, -0.2) is 0 Å². The van der Waals surface area contributed by atoms with Gasteiger partial charge in [-0.05, 0) is 43.2 Å². The minimum absolute atomic E-state index is 0.0254. The predicted molar refractivity (Wildman–Crippen MR) is 115 cm³/mol. The first-order valence-electron chi connectivity index (χ1n) is 10.9. The number of hydrogen-bond acceptors (Lipinski definition) is 3. The Labute approximate surface area is 189 Å². The molecule has 1 heterocycles. The summed E-state index contributed by atoms with van der Waals surface area (Å²) in [6.07, 6.45) is -1.61. The number of fused-ring (bicyclic) bond motifs is 1. The van der Waals surface area contributed by atoms with Crippen LogP contribution in [0.1, 0.15) is 48.0 Å². The summed E-state index contributed by atoms with van der Waals surface area (Å²) in [6, 6.07) is 11.4. The molecule has 2 N–H and O–H groups in total. The van der Waals surface area contributed by atoms with Crippen molar-refractivity contribution >= 4 is 23.4 Å². The zero-order chi connectivity index (χ0) is 23.6. The van der Waals surface area contributed by atoms with Gasteiger partial charge in [-0.3, -0.25) is 14.4 Å². The summed E-state index contributed by atoms with van der Waals surface area (Å²) in [6.45, 7) is 0. The number of carbonyl (C=O) groups is 3. The summed E-state index contributed by atoms with van der Waals surface area (Å²) in [7, 11) is 0. The van der Waals surface area contributed by atoms with Gasteiger partial charge in [0.25, 0.3) is 5.91 Å². The van der Waals surface area contributed by atoms with Crippen LogP contribution in [0, 0.1) is 0 Å². The topological polar surface area (TPSA) is 78.5 Å². The van der Waals surface area contributed by atoms with Crippen molar-refractivity contribution in [2.75, 3.05) is 5.32 Å². The van der Waals surface area contributed by atoms with E-state index in [1.54, 1.807) is 30.3 Å². The molecular weight excluding hydrogens is 435 g/mol. The van der Waals surface area contributed by atoms with Gasteiger partial charge in [0.05, 0.1) is 18.0 Å². The molecule has 9 heteroatoms. The second-order valence-electron chi connectivity index (χ2n) is 8.39. The molecule has 1 saturated heterocycles. The Morgan fingerprint density at radius 3 is 2.48 bits per heavy atom. The van der Waals surface area contributed by atoms with Crippen LogP contribution in [-0.4, -0.2) is 40.7 Å². The molecule has 2 aliphatic rings. The van der Waals surface area contributed by atoms with E-state index in [4.69, 9.17) is 0 Å². The molecule has 0 bridgehead atoms. The molecule has 3 amide bonds. The summed E-state index contributed by atoms with van der Waals surface area (Å²) in [5.41, 5.74) is -0.496. The van der Waals surface area contributed by atoms with Crippen molar-refractivity contribution in [3.8, 4) is 0 Å². The smallest absolute Gasteiger partial charge is 0.349 e. The van der Waals surface area contributed by atoms with Crippen LogP contribution >= 0.6 is 0 Å². The van der Waals surface area contributed by atoms with E-state index in [1.807, 2.05) is 0 Å². The molecule has 0 radical (unpaired) electrons. The lowest BCUT2D eigenvalue weighted by molar-refractivity contribution is -0.137. The van der Waals surface area contributed by atoms with Crippen molar-refractivity contribution in [2.45, 2.75) is 56.4 Å². The van der Waals surface area contributed by atoms with Gasteiger partial charge in [0, 0.05) is 17.3 Å². The van der Waals surface area contributed by atoms with Crippen LogP contribution in [0.3, 0.4) is 0 Å². The number of halogens is 3. The molecule has 1 aliphatic carbocycles. The number of piperazine rings is 1. The number of anilines is 1. The molecule has 0 aromatic heterocycles. The summed E-state index contributed by atoms with van der Waals surface area (Å²) < 4.78 is 38.9. The van der Waals surface area contributed by atoms with E-state index >= 15 is 0 Å². The van der Waals surface area contributed by atoms with Crippen LogP contribution < -0.4 is 10.6 Å². The van der Waals surface area contributed by atoms with E-state index in [-0.39, 0.29) is 30.1 Å². The third kappa shape index (κ3) is 5.02. The Morgan fingerprint density at radius 2 is 1.76 bits per heavy atom. The molecule has 33 heavy (non-hydrogen) atoms. The highest BCUT2D eigenvalue weighted by Gasteiger charge is 2.46.